The zero-order valence-corrected chi connectivity index (χ0v) is 27.0. The Morgan fingerprint density at radius 3 is 1.77 bits per heavy atom. The monoisotopic (exact) mass is 689 g/mol. The van der Waals surface area contributed by atoms with Crippen molar-refractivity contribution >= 4 is 54.3 Å². The summed E-state index contributed by atoms with van der Waals surface area (Å²) in [6, 6.07) is -20.9. The van der Waals surface area contributed by atoms with Gasteiger partial charge in [0.05, 0.1) is 37.0 Å². The molecule has 52 heavy (non-hydrogen) atoms. The van der Waals surface area contributed by atoms with Crippen LogP contribution in [0.1, 0.15) is 62.0 Å². The zero-order valence-electron chi connectivity index (χ0n) is 54.0. The maximum absolute atomic E-state index is 10.1. The molecule has 0 spiro atoms. The van der Waals surface area contributed by atoms with Gasteiger partial charge in [-0.15, -0.1) is 0 Å². The molecule has 0 N–H and O–H groups in total. The lowest BCUT2D eigenvalue weighted by Crippen LogP contribution is -2.14. The van der Waals surface area contributed by atoms with Crippen LogP contribution in [0.3, 0.4) is 0 Å². The van der Waals surface area contributed by atoms with Gasteiger partial charge in [0.15, 0.2) is 0 Å². The summed E-state index contributed by atoms with van der Waals surface area (Å²) >= 11 is 0. The van der Waals surface area contributed by atoms with Crippen LogP contribution in [0.25, 0.3) is 98.8 Å². The van der Waals surface area contributed by atoms with Crippen molar-refractivity contribution < 1.29 is 41.4 Å². The van der Waals surface area contributed by atoms with E-state index < -0.39 is 251 Å². The van der Waals surface area contributed by atoms with Crippen LogP contribution in [0.15, 0.2) is 174 Å². The second-order valence-corrected chi connectivity index (χ2v) is 12.7. The molecule has 0 radical (unpaired) electrons. The van der Waals surface area contributed by atoms with Gasteiger partial charge in [-0.1, -0.05) is 159 Å². The predicted octanol–water partition coefficient (Wildman–Crippen LogP) is 14.4. The van der Waals surface area contributed by atoms with Crippen molar-refractivity contribution in [2.75, 3.05) is 0 Å². The molecule has 0 aliphatic heterocycles. The lowest BCUT2D eigenvalue weighted by atomic mass is 9.82. The van der Waals surface area contributed by atoms with Gasteiger partial charge in [-0.05, 0) is 112 Å². The van der Waals surface area contributed by atoms with Crippen molar-refractivity contribution in [1.29, 1.82) is 0 Å². The third kappa shape index (κ3) is 4.05. The molecule has 0 atom stereocenters. The Labute approximate surface area is 340 Å². The van der Waals surface area contributed by atoms with Gasteiger partial charge in [-0.25, -0.2) is 0 Å². The van der Waals surface area contributed by atoms with E-state index in [1.54, 1.807) is 13.8 Å². The fourth-order valence-corrected chi connectivity index (χ4v) is 7.27. The molecule has 1 heteroatoms. The predicted molar refractivity (Wildman–Crippen MR) is 220 cm³/mol. The van der Waals surface area contributed by atoms with E-state index in [0.29, 0.717) is 0 Å². The first-order valence-electron chi connectivity index (χ1n) is 29.5. The van der Waals surface area contributed by atoms with Crippen molar-refractivity contribution in [3.63, 3.8) is 0 Å². The highest BCUT2D eigenvalue weighted by Gasteiger charge is 2.36. The Balaban J connectivity index is 1.39. The third-order valence-electron chi connectivity index (χ3n) is 9.58. The highest BCUT2D eigenvalue weighted by molar-refractivity contribution is 6.24. The molecule has 244 valence electrons. The molecule has 1 nitrogen and oxygen atoms in total. The standard InChI is InChI=1S/C51H34O/c1-51(2)43-23-10-9-21-41(43)49-36(22-12-24-44(49)51)32-14-11-15-33(29-32)47-37-17-5-7-19-39(37)48(40-20-8-6-18-38(40)47)34-26-27-45-42(30-34)50-35-16-4-3-13-31(35)25-28-46(50)52-45/h3-30H,1-2H3/i3D,4D,5D,6D,7D,8D,9D,10D,11D,12D,13D,15D,16D,17D,18D,19D,20D,21D,22D,23D,24D,25D,26D,27D,28D,29D,30D. The van der Waals surface area contributed by atoms with E-state index in [4.69, 9.17) is 26.3 Å². The van der Waals surface area contributed by atoms with Gasteiger partial charge in [-0.3, -0.25) is 0 Å². The number of rotatable bonds is 3. The molecule has 1 aliphatic carbocycles. The van der Waals surface area contributed by atoms with Crippen molar-refractivity contribution in [3.05, 3.63) is 180 Å². The van der Waals surface area contributed by atoms with Gasteiger partial charge < -0.3 is 4.42 Å². The van der Waals surface area contributed by atoms with Crippen LogP contribution < -0.4 is 0 Å². The lowest BCUT2D eigenvalue weighted by Gasteiger charge is -2.21. The molecule has 0 unspecified atom stereocenters. The summed E-state index contributed by atoms with van der Waals surface area (Å²) in [7, 11) is 0. The normalized spacial score (nSPS) is 20.6. The highest BCUT2D eigenvalue weighted by atomic mass is 16.3. The molecule has 11 rings (SSSR count). The maximum atomic E-state index is 10.1. The van der Waals surface area contributed by atoms with Gasteiger partial charge in [0.25, 0.3) is 0 Å². The van der Waals surface area contributed by atoms with Gasteiger partial charge in [0.2, 0.25) is 0 Å². The minimum Gasteiger partial charge on any atom is -0.456 e. The van der Waals surface area contributed by atoms with Crippen LogP contribution in [0, 0.1) is 0 Å². The number of hydrogen-bond acceptors (Lipinski definition) is 1. The summed E-state index contributed by atoms with van der Waals surface area (Å²) in [5, 5.41) is -4.59. The summed E-state index contributed by atoms with van der Waals surface area (Å²) < 4.78 is 253. The summed E-state index contributed by atoms with van der Waals surface area (Å²) in [5.74, 6) is 0. The Bertz CT molecular complexity index is 4570. The summed E-state index contributed by atoms with van der Waals surface area (Å²) in [6.45, 7) is 3.09. The highest BCUT2D eigenvalue weighted by Crippen LogP contribution is 2.52. The molecule has 0 saturated carbocycles. The Morgan fingerprint density at radius 1 is 0.423 bits per heavy atom. The fraction of sp³-hybridized carbons (Fsp3) is 0.0588. The molecule has 1 aromatic heterocycles. The average molecular weight is 690 g/mol. The number of hydrogen-bond donors (Lipinski definition) is 0. The molecule has 0 amide bonds. The second-order valence-electron chi connectivity index (χ2n) is 12.7. The minimum atomic E-state index is -1.46. The number of benzene rings is 9. The van der Waals surface area contributed by atoms with Gasteiger partial charge in [-0.2, -0.15) is 0 Å². The van der Waals surface area contributed by atoms with Crippen molar-refractivity contribution in [2.24, 2.45) is 0 Å². The molecule has 0 fully saturated rings. The van der Waals surface area contributed by atoms with Gasteiger partial charge in [0.1, 0.15) is 11.2 Å². The smallest absolute Gasteiger partial charge is 0.136 e. The molecular formula is C51H34O. The van der Waals surface area contributed by atoms with Crippen LogP contribution in [0.2, 0.25) is 0 Å². The average Bonchev–Trinajstić information content (AvgIpc) is 4.03. The number of furan rings is 1. The first kappa shape index (κ1) is 13.3. The molecule has 0 saturated heterocycles. The quantitative estimate of drug-likeness (QED) is 0.168. The lowest BCUT2D eigenvalue weighted by molar-refractivity contribution is 0.660. The minimum absolute atomic E-state index is 0.0124. The summed E-state index contributed by atoms with van der Waals surface area (Å²) in [5.41, 5.74) is -6.76. The first-order chi connectivity index (χ1) is 36.8. The van der Waals surface area contributed by atoms with E-state index in [0.717, 1.165) is 6.07 Å². The van der Waals surface area contributed by atoms with Crippen molar-refractivity contribution in [3.8, 4) is 44.5 Å². The van der Waals surface area contributed by atoms with Crippen molar-refractivity contribution in [1.82, 2.24) is 0 Å². The Kier molecular flexibility index (Phi) is 2.75. The molecule has 10 aromatic rings. The molecule has 1 heterocycles. The Morgan fingerprint density at radius 2 is 1.02 bits per heavy atom. The fourth-order valence-electron chi connectivity index (χ4n) is 7.27. The molecule has 1 aliphatic rings. The van der Waals surface area contributed by atoms with Crippen LogP contribution in [-0.4, -0.2) is 0 Å². The maximum Gasteiger partial charge on any atom is 0.136 e. The van der Waals surface area contributed by atoms with E-state index >= 15 is 0 Å². The summed E-state index contributed by atoms with van der Waals surface area (Å²) in [4.78, 5) is 0. The molecule has 9 aromatic carbocycles. The largest absolute Gasteiger partial charge is 0.456 e. The first-order valence-corrected chi connectivity index (χ1v) is 16.0. The molecule has 0 bridgehead atoms. The summed E-state index contributed by atoms with van der Waals surface area (Å²) in [6.07, 6.45) is 0. The second kappa shape index (κ2) is 10.8. The van der Waals surface area contributed by atoms with Crippen molar-refractivity contribution in [2.45, 2.75) is 19.3 Å². The van der Waals surface area contributed by atoms with E-state index in [-0.39, 0.29) is 27.6 Å². The van der Waals surface area contributed by atoms with E-state index in [9.17, 15) is 15.1 Å². The van der Waals surface area contributed by atoms with Gasteiger partial charge in [0, 0.05) is 16.2 Å². The number of fused-ring (bicyclic) bond motifs is 10. The Hall–Kier alpha value is -6.44. The zero-order chi connectivity index (χ0) is 58.0. The van der Waals surface area contributed by atoms with Gasteiger partial charge >= 0.3 is 0 Å². The van der Waals surface area contributed by atoms with Crippen LogP contribution in [0.5, 0.6) is 0 Å². The SMILES string of the molecule is [2H]c1cc(-c2c([2H])c([2H])c([2H])c3c2-c2c([2H])c([2H])c([2H])c([2H])c2C3(C)C)c([2H])c(-c2c3c([2H])c([2H])c([2H])c([2H])c3c(-c3c([2H])c([2H])c4oc5c([2H])c([2H])c6c([2H])c([2H])c([2H])c([2H])c6c5c4c3[2H])c3c([2H])c([2H])c([2H])c([2H])c23)c1[2H]. The van der Waals surface area contributed by atoms with E-state index in [1.807, 2.05) is 0 Å². The van der Waals surface area contributed by atoms with Crippen LogP contribution in [0.4, 0.5) is 0 Å². The third-order valence-corrected chi connectivity index (χ3v) is 9.58. The molecular weight excluding hydrogens is 629 g/mol. The topological polar surface area (TPSA) is 13.1 Å². The van der Waals surface area contributed by atoms with E-state index in [2.05, 4.69) is 0 Å². The van der Waals surface area contributed by atoms with Crippen LogP contribution >= 0.6 is 0 Å². The van der Waals surface area contributed by atoms with Crippen LogP contribution in [-0.2, 0) is 5.41 Å². The van der Waals surface area contributed by atoms with E-state index in [1.165, 1.54) is 0 Å².